The van der Waals surface area contributed by atoms with E-state index in [2.05, 4.69) is 4.72 Å². The summed E-state index contributed by atoms with van der Waals surface area (Å²) in [4.78, 5) is 12.1. The number of nitrogens with one attached hydrogen (secondary N) is 1. The summed E-state index contributed by atoms with van der Waals surface area (Å²) in [5.74, 6) is -1.91. The van der Waals surface area contributed by atoms with Crippen LogP contribution in [0, 0.1) is 5.92 Å². The van der Waals surface area contributed by atoms with Gasteiger partial charge in [0, 0.05) is 19.0 Å². The Balaban J connectivity index is 1.61. The second-order valence-corrected chi connectivity index (χ2v) is 8.85. The highest BCUT2D eigenvalue weighted by molar-refractivity contribution is 7.87. The van der Waals surface area contributed by atoms with Gasteiger partial charge in [0.05, 0.1) is 0 Å². The van der Waals surface area contributed by atoms with Gasteiger partial charge in [0.25, 0.3) is 10.2 Å². The third kappa shape index (κ3) is 2.80. The van der Waals surface area contributed by atoms with E-state index in [0.717, 1.165) is 11.1 Å². The quantitative estimate of drug-likeness (QED) is 0.724. The molecule has 3 atom stereocenters. The van der Waals surface area contributed by atoms with Crippen molar-refractivity contribution < 1.29 is 23.4 Å². The molecule has 2 aliphatic rings. The molecule has 0 unspecified atom stereocenters. The summed E-state index contributed by atoms with van der Waals surface area (Å²) >= 11 is 0. The Kier molecular flexibility index (Phi) is 4.03. The topological polar surface area (TPSA) is 107 Å². The number of aliphatic carboxylic acids is 1. The third-order valence-corrected chi connectivity index (χ3v) is 7.17. The molecule has 7 nitrogen and oxygen atoms in total. The number of phenolic OH excluding ortho intramolecular Hbond substituents is 1. The Morgan fingerprint density at radius 2 is 1.81 bits per heavy atom. The van der Waals surface area contributed by atoms with Gasteiger partial charge in [-0.2, -0.15) is 17.4 Å². The second-order valence-electron chi connectivity index (χ2n) is 7.18. The zero-order valence-electron chi connectivity index (χ0n) is 14.7. The van der Waals surface area contributed by atoms with Crippen LogP contribution in [0.5, 0.6) is 5.75 Å². The first-order valence-electron chi connectivity index (χ1n) is 8.64. The zero-order chi connectivity index (χ0) is 19.4. The molecular weight excluding hydrogens is 368 g/mol. The van der Waals surface area contributed by atoms with Crippen LogP contribution in [0.3, 0.4) is 0 Å². The standard InChI is InChI=1S/C19H20N2O5S/c1-12-17(13-5-3-2-4-6-13)19(12,18(23)24)20-27(25,26)21-10-14-7-8-16(22)9-15(14)11-21/h2-9,12,17,20,22H,10-11H2,1H3,(H,23,24)/t12-,17-,19+/m1/s1. The molecule has 1 aliphatic heterocycles. The third-order valence-electron chi connectivity index (χ3n) is 5.63. The molecule has 0 aromatic heterocycles. The number of hydrogen-bond acceptors (Lipinski definition) is 4. The van der Waals surface area contributed by atoms with E-state index in [1.165, 1.54) is 16.4 Å². The van der Waals surface area contributed by atoms with E-state index >= 15 is 0 Å². The van der Waals surface area contributed by atoms with E-state index in [1.807, 2.05) is 30.3 Å². The molecule has 1 fully saturated rings. The molecule has 2 aromatic rings. The smallest absolute Gasteiger partial charge is 0.325 e. The number of carboxylic acid groups (broad SMARTS) is 1. The molecule has 0 radical (unpaired) electrons. The van der Waals surface area contributed by atoms with E-state index < -0.39 is 27.6 Å². The molecule has 4 rings (SSSR count). The molecule has 3 N–H and O–H groups in total. The van der Waals surface area contributed by atoms with Crippen LogP contribution in [0.25, 0.3) is 0 Å². The maximum absolute atomic E-state index is 13.0. The fraction of sp³-hybridized carbons (Fsp3) is 0.316. The summed E-state index contributed by atoms with van der Waals surface area (Å²) in [5, 5.41) is 19.4. The molecule has 0 saturated heterocycles. The summed E-state index contributed by atoms with van der Waals surface area (Å²) in [7, 11) is -4.03. The van der Waals surface area contributed by atoms with Crippen molar-refractivity contribution in [1.82, 2.24) is 9.03 Å². The molecule has 0 amide bonds. The highest BCUT2D eigenvalue weighted by Crippen LogP contribution is 2.58. The highest BCUT2D eigenvalue weighted by atomic mass is 32.2. The fourth-order valence-electron chi connectivity index (χ4n) is 4.10. The maximum atomic E-state index is 13.0. The average Bonchev–Trinajstić information content (AvgIpc) is 3.00. The fourth-order valence-corrected chi connectivity index (χ4v) is 5.67. The van der Waals surface area contributed by atoms with Gasteiger partial charge in [0.15, 0.2) is 0 Å². The predicted molar refractivity (Wildman–Crippen MR) is 98.1 cm³/mol. The zero-order valence-corrected chi connectivity index (χ0v) is 15.5. The van der Waals surface area contributed by atoms with Crippen LogP contribution in [0.1, 0.15) is 29.5 Å². The van der Waals surface area contributed by atoms with Gasteiger partial charge in [-0.05, 0) is 34.7 Å². The number of benzene rings is 2. The van der Waals surface area contributed by atoms with Crippen LogP contribution in [-0.4, -0.2) is 34.4 Å². The van der Waals surface area contributed by atoms with E-state index in [-0.39, 0.29) is 24.8 Å². The van der Waals surface area contributed by atoms with Crippen LogP contribution in [0.4, 0.5) is 0 Å². The number of carbonyl (C=O) groups is 1. The van der Waals surface area contributed by atoms with Gasteiger partial charge < -0.3 is 10.2 Å². The molecule has 0 bridgehead atoms. The van der Waals surface area contributed by atoms with Crippen molar-refractivity contribution in [2.45, 2.75) is 31.5 Å². The van der Waals surface area contributed by atoms with Crippen molar-refractivity contribution in [1.29, 1.82) is 0 Å². The largest absolute Gasteiger partial charge is 0.508 e. The molecule has 1 saturated carbocycles. The minimum absolute atomic E-state index is 0.0721. The van der Waals surface area contributed by atoms with Gasteiger partial charge in [-0.3, -0.25) is 4.79 Å². The Morgan fingerprint density at radius 3 is 2.48 bits per heavy atom. The number of nitrogens with zero attached hydrogens (tertiary/aromatic N) is 1. The van der Waals surface area contributed by atoms with Crippen molar-refractivity contribution >= 4 is 16.2 Å². The Morgan fingerprint density at radius 1 is 1.15 bits per heavy atom. The van der Waals surface area contributed by atoms with Crippen molar-refractivity contribution in [3.63, 3.8) is 0 Å². The molecular formula is C19H20N2O5S. The number of fused-ring (bicyclic) bond motifs is 1. The van der Waals surface area contributed by atoms with Crippen LogP contribution < -0.4 is 4.72 Å². The average molecular weight is 388 g/mol. The minimum Gasteiger partial charge on any atom is -0.508 e. The van der Waals surface area contributed by atoms with Gasteiger partial charge in [-0.15, -0.1) is 0 Å². The predicted octanol–water partition coefficient (Wildman–Crippen LogP) is 1.80. The number of hydrogen-bond donors (Lipinski definition) is 3. The minimum atomic E-state index is -4.03. The lowest BCUT2D eigenvalue weighted by molar-refractivity contribution is -0.140. The molecule has 1 heterocycles. The maximum Gasteiger partial charge on any atom is 0.325 e. The normalized spacial score (nSPS) is 27.3. The molecule has 0 spiro atoms. The number of phenols is 1. The van der Waals surface area contributed by atoms with E-state index in [9.17, 15) is 23.4 Å². The van der Waals surface area contributed by atoms with E-state index in [4.69, 9.17) is 0 Å². The van der Waals surface area contributed by atoms with Gasteiger partial charge in [0.2, 0.25) is 0 Å². The van der Waals surface area contributed by atoms with Crippen LogP contribution in [-0.2, 0) is 28.1 Å². The Hall–Kier alpha value is -2.42. The first kappa shape index (κ1) is 18.0. The van der Waals surface area contributed by atoms with Gasteiger partial charge in [-0.1, -0.05) is 43.3 Å². The highest BCUT2D eigenvalue weighted by Gasteiger charge is 2.70. The Labute approximate surface area is 157 Å². The van der Waals surface area contributed by atoms with Crippen LogP contribution in [0.2, 0.25) is 0 Å². The SMILES string of the molecule is C[C@@H]1[C@H](c2ccccc2)[C@]1(NS(=O)(=O)N1Cc2ccc(O)cc2C1)C(=O)O. The summed E-state index contributed by atoms with van der Waals surface area (Å²) < 4.78 is 29.6. The Bertz CT molecular complexity index is 1010. The van der Waals surface area contributed by atoms with Gasteiger partial charge >= 0.3 is 5.97 Å². The number of rotatable bonds is 5. The van der Waals surface area contributed by atoms with Gasteiger partial charge in [0.1, 0.15) is 11.3 Å². The molecule has 1 aliphatic carbocycles. The molecule has 8 heteroatoms. The summed E-state index contributed by atoms with van der Waals surface area (Å²) in [6.07, 6.45) is 0. The van der Waals surface area contributed by atoms with E-state index in [0.29, 0.717) is 5.56 Å². The monoisotopic (exact) mass is 388 g/mol. The first-order valence-corrected chi connectivity index (χ1v) is 10.1. The van der Waals surface area contributed by atoms with Crippen LogP contribution in [0.15, 0.2) is 48.5 Å². The van der Waals surface area contributed by atoms with Crippen molar-refractivity contribution in [3.05, 3.63) is 65.2 Å². The lowest BCUT2D eigenvalue weighted by Crippen LogP contribution is -2.50. The van der Waals surface area contributed by atoms with E-state index in [1.54, 1.807) is 13.0 Å². The summed E-state index contributed by atoms with van der Waals surface area (Å²) in [5.41, 5.74) is 0.751. The lowest BCUT2D eigenvalue weighted by Gasteiger charge is -2.21. The van der Waals surface area contributed by atoms with Crippen molar-refractivity contribution in [2.75, 3.05) is 0 Å². The van der Waals surface area contributed by atoms with Crippen LogP contribution >= 0.6 is 0 Å². The lowest BCUT2D eigenvalue weighted by atomic mass is 10.1. The molecule has 27 heavy (non-hydrogen) atoms. The van der Waals surface area contributed by atoms with Gasteiger partial charge in [-0.25, -0.2) is 0 Å². The molecule has 142 valence electrons. The number of carboxylic acids is 1. The van der Waals surface area contributed by atoms with Crippen molar-refractivity contribution in [3.8, 4) is 5.75 Å². The van der Waals surface area contributed by atoms with Crippen molar-refractivity contribution in [2.24, 2.45) is 5.92 Å². The molecule has 2 aromatic carbocycles. The summed E-state index contributed by atoms with van der Waals surface area (Å²) in [6.45, 7) is 1.98. The second kappa shape index (κ2) is 6.05. The first-order chi connectivity index (χ1) is 12.8. The number of aromatic hydroxyl groups is 1. The summed E-state index contributed by atoms with van der Waals surface area (Å²) in [6, 6.07) is 13.8.